The maximum Gasteiger partial charge on any atom is 0.233 e. The molecular weight excluding hydrogens is 283 g/mol. The van der Waals surface area contributed by atoms with Crippen molar-refractivity contribution in [3.63, 3.8) is 0 Å². The van der Waals surface area contributed by atoms with E-state index in [1.807, 2.05) is 11.0 Å². The Morgan fingerprint density at radius 3 is 2.86 bits per heavy atom. The van der Waals surface area contributed by atoms with Gasteiger partial charge in [-0.1, -0.05) is 12.1 Å². The van der Waals surface area contributed by atoms with Gasteiger partial charge in [0, 0.05) is 38.9 Å². The van der Waals surface area contributed by atoms with Crippen molar-refractivity contribution < 1.29 is 13.9 Å². The lowest BCUT2D eigenvalue weighted by atomic mass is 9.72. The molecule has 2 heterocycles. The van der Waals surface area contributed by atoms with Crippen molar-refractivity contribution in [3.8, 4) is 0 Å². The van der Waals surface area contributed by atoms with Crippen LogP contribution in [0.25, 0.3) is 0 Å². The number of rotatable bonds is 2. The molecule has 0 aromatic heterocycles. The van der Waals surface area contributed by atoms with Crippen LogP contribution in [0.15, 0.2) is 24.3 Å². The molecule has 1 atom stereocenters. The molecule has 2 aliphatic rings. The summed E-state index contributed by atoms with van der Waals surface area (Å²) in [5, 5.41) is 3.35. The molecule has 1 amide bonds. The molecule has 120 valence electrons. The molecule has 2 aliphatic heterocycles. The second kappa shape index (κ2) is 6.34. The molecule has 22 heavy (non-hydrogen) atoms. The predicted octanol–water partition coefficient (Wildman–Crippen LogP) is 1.69. The van der Waals surface area contributed by atoms with Gasteiger partial charge in [-0.2, -0.15) is 0 Å². The van der Waals surface area contributed by atoms with Gasteiger partial charge in [0.1, 0.15) is 5.82 Å². The van der Waals surface area contributed by atoms with E-state index in [9.17, 15) is 9.18 Å². The van der Waals surface area contributed by atoms with E-state index in [-0.39, 0.29) is 11.7 Å². The molecule has 1 aromatic rings. The first-order valence-corrected chi connectivity index (χ1v) is 7.98. The van der Waals surface area contributed by atoms with E-state index < -0.39 is 5.41 Å². The zero-order chi connectivity index (χ0) is 15.6. The van der Waals surface area contributed by atoms with E-state index in [0.717, 1.165) is 12.1 Å². The Labute approximate surface area is 130 Å². The van der Waals surface area contributed by atoms with Gasteiger partial charge >= 0.3 is 0 Å². The average molecular weight is 306 g/mol. The Morgan fingerprint density at radius 1 is 1.41 bits per heavy atom. The number of hydrogen-bond acceptors (Lipinski definition) is 3. The first-order valence-electron chi connectivity index (χ1n) is 7.98. The first kappa shape index (κ1) is 15.4. The summed E-state index contributed by atoms with van der Waals surface area (Å²) < 4.78 is 19.2. The third kappa shape index (κ3) is 2.88. The zero-order valence-corrected chi connectivity index (χ0v) is 13.0. The van der Waals surface area contributed by atoms with Crippen molar-refractivity contribution in [3.05, 3.63) is 35.6 Å². The number of ether oxygens (including phenoxy) is 1. The summed E-state index contributed by atoms with van der Waals surface area (Å²) in [5.74, 6) is -0.167. The van der Waals surface area contributed by atoms with Crippen molar-refractivity contribution in [1.82, 2.24) is 10.2 Å². The Bertz CT molecular complexity index is 543. The summed E-state index contributed by atoms with van der Waals surface area (Å²) in [5.41, 5.74) is 0.143. The Hall–Kier alpha value is -1.46. The van der Waals surface area contributed by atoms with Crippen LogP contribution in [-0.2, 0) is 14.9 Å². The summed E-state index contributed by atoms with van der Waals surface area (Å²) in [6, 6.07) is 6.79. The van der Waals surface area contributed by atoms with Crippen LogP contribution in [-0.4, -0.2) is 49.7 Å². The maximum absolute atomic E-state index is 13.7. The summed E-state index contributed by atoms with van der Waals surface area (Å²) in [4.78, 5) is 15.2. The molecule has 3 rings (SSSR count). The SMILES string of the molecule is C[C@H]1CN(C(=O)C2(c3cccc(F)c3)CCOCC2)CCN1. The molecule has 5 heteroatoms. The molecule has 0 spiro atoms. The van der Waals surface area contributed by atoms with E-state index in [1.165, 1.54) is 12.1 Å². The fourth-order valence-electron chi connectivity index (χ4n) is 3.55. The number of halogens is 1. The van der Waals surface area contributed by atoms with Crippen LogP contribution in [0.5, 0.6) is 0 Å². The van der Waals surface area contributed by atoms with Crippen molar-refractivity contribution in [1.29, 1.82) is 0 Å². The molecule has 0 bridgehead atoms. The number of benzene rings is 1. The van der Waals surface area contributed by atoms with E-state index in [2.05, 4.69) is 12.2 Å². The molecule has 0 saturated carbocycles. The van der Waals surface area contributed by atoms with Gasteiger partial charge in [-0.05, 0) is 37.5 Å². The molecule has 1 aromatic carbocycles. The van der Waals surface area contributed by atoms with Crippen LogP contribution in [0.1, 0.15) is 25.3 Å². The smallest absolute Gasteiger partial charge is 0.233 e. The highest BCUT2D eigenvalue weighted by molar-refractivity contribution is 5.88. The average Bonchev–Trinajstić information content (AvgIpc) is 2.55. The van der Waals surface area contributed by atoms with Gasteiger partial charge in [0.15, 0.2) is 0 Å². The molecule has 0 aliphatic carbocycles. The predicted molar refractivity (Wildman–Crippen MR) is 82.2 cm³/mol. The van der Waals surface area contributed by atoms with Gasteiger partial charge in [-0.15, -0.1) is 0 Å². The fraction of sp³-hybridized carbons (Fsp3) is 0.588. The number of hydrogen-bond donors (Lipinski definition) is 1. The third-order valence-electron chi connectivity index (χ3n) is 4.79. The standard InChI is InChI=1S/C17H23FN2O2/c1-13-12-20(8-7-19-13)16(21)17(5-9-22-10-6-17)14-3-2-4-15(18)11-14/h2-4,11,13,19H,5-10,12H2,1H3/t13-/m0/s1. The second-order valence-corrected chi connectivity index (χ2v) is 6.31. The van der Waals surface area contributed by atoms with Gasteiger partial charge < -0.3 is 15.0 Å². The van der Waals surface area contributed by atoms with E-state index in [4.69, 9.17) is 4.74 Å². The van der Waals surface area contributed by atoms with Crippen LogP contribution in [0, 0.1) is 5.82 Å². The Kier molecular flexibility index (Phi) is 4.45. The zero-order valence-electron chi connectivity index (χ0n) is 13.0. The fourth-order valence-corrected chi connectivity index (χ4v) is 3.55. The minimum absolute atomic E-state index is 0.120. The summed E-state index contributed by atoms with van der Waals surface area (Å²) in [6.45, 7) is 5.40. The number of carbonyl (C=O) groups excluding carboxylic acids is 1. The molecule has 1 N–H and O–H groups in total. The van der Waals surface area contributed by atoms with E-state index in [1.54, 1.807) is 6.07 Å². The molecule has 4 nitrogen and oxygen atoms in total. The van der Waals surface area contributed by atoms with Crippen molar-refractivity contribution >= 4 is 5.91 Å². The molecule has 2 saturated heterocycles. The van der Waals surface area contributed by atoms with Gasteiger partial charge in [-0.25, -0.2) is 4.39 Å². The van der Waals surface area contributed by atoms with Crippen molar-refractivity contribution in [2.75, 3.05) is 32.8 Å². The highest BCUT2D eigenvalue weighted by Crippen LogP contribution is 2.37. The van der Waals surface area contributed by atoms with Crippen LogP contribution in [0.4, 0.5) is 4.39 Å². The number of nitrogens with one attached hydrogen (secondary N) is 1. The lowest BCUT2D eigenvalue weighted by Gasteiger charge is -2.42. The first-order chi connectivity index (χ1) is 10.6. The van der Waals surface area contributed by atoms with Crippen molar-refractivity contribution in [2.45, 2.75) is 31.2 Å². The van der Waals surface area contributed by atoms with Gasteiger partial charge in [0.2, 0.25) is 5.91 Å². The van der Waals surface area contributed by atoms with Gasteiger partial charge in [0.05, 0.1) is 5.41 Å². The van der Waals surface area contributed by atoms with E-state index in [0.29, 0.717) is 45.2 Å². The van der Waals surface area contributed by atoms with Crippen LogP contribution >= 0.6 is 0 Å². The maximum atomic E-state index is 13.7. The molecule has 2 fully saturated rings. The van der Waals surface area contributed by atoms with Gasteiger partial charge in [-0.3, -0.25) is 4.79 Å². The monoisotopic (exact) mass is 306 g/mol. The Balaban J connectivity index is 1.93. The summed E-state index contributed by atoms with van der Waals surface area (Å²) >= 11 is 0. The number of amides is 1. The largest absolute Gasteiger partial charge is 0.381 e. The Morgan fingerprint density at radius 2 is 2.18 bits per heavy atom. The van der Waals surface area contributed by atoms with Crippen LogP contribution in [0.3, 0.4) is 0 Å². The molecule has 0 radical (unpaired) electrons. The van der Waals surface area contributed by atoms with Gasteiger partial charge in [0.25, 0.3) is 0 Å². The van der Waals surface area contributed by atoms with Crippen molar-refractivity contribution in [2.24, 2.45) is 0 Å². The third-order valence-corrected chi connectivity index (χ3v) is 4.79. The minimum Gasteiger partial charge on any atom is -0.381 e. The number of piperazine rings is 1. The van der Waals surface area contributed by atoms with Crippen LogP contribution in [0.2, 0.25) is 0 Å². The highest BCUT2D eigenvalue weighted by atomic mass is 19.1. The highest BCUT2D eigenvalue weighted by Gasteiger charge is 2.44. The molecule has 0 unspecified atom stereocenters. The summed E-state index contributed by atoms with van der Waals surface area (Å²) in [7, 11) is 0. The lowest BCUT2D eigenvalue weighted by Crippen LogP contribution is -2.57. The van der Waals surface area contributed by atoms with Crippen LogP contribution < -0.4 is 5.32 Å². The summed E-state index contributed by atoms with van der Waals surface area (Å²) in [6.07, 6.45) is 1.24. The number of carbonyl (C=O) groups is 1. The normalized spacial score (nSPS) is 25.0. The quantitative estimate of drug-likeness (QED) is 0.904. The minimum atomic E-state index is -0.641. The second-order valence-electron chi connectivity index (χ2n) is 6.31. The number of nitrogens with zero attached hydrogens (tertiary/aromatic N) is 1. The van der Waals surface area contributed by atoms with E-state index >= 15 is 0 Å². The topological polar surface area (TPSA) is 41.6 Å². The molecular formula is C17H23FN2O2. The lowest BCUT2D eigenvalue weighted by molar-refractivity contribution is -0.142.